The van der Waals surface area contributed by atoms with Crippen molar-refractivity contribution in [3.8, 4) is 5.75 Å². The van der Waals surface area contributed by atoms with Crippen LogP contribution in [-0.2, 0) is 13.7 Å². The van der Waals surface area contributed by atoms with Gasteiger partial charge in [-0.2, -0.15) is 5.10 Å². The lowest BCUT2D eigenvalue weighted by Crippen LogP contribution is -2.29. The fraction of sp³-hybridized carbons (Fsp3) is 0.150. The predicted molar refractivity (Wildman–Crippen MR) is 96.3 cm³/mol. The molecule has 0 atom stereocenters. The van der Waals surface area contributed by atoms with Crippen molar-refractivity contribution < 1.29 is 14.3 Å². The normalized spacial score (nSPS) is 13.2. The van der Waals surface area contributed by atoms with E-state index in [4.69, 9.17) is 4.74 Å². The van der Waals surface area contributed by atoms with Gasteiger partial charge < -0.3 is 4.74 Å². The van der Waals surface area contributed by atoms with Crippen LogP contribution in [0.4, 0.5) is 5.69 Å². The Hall–Kier alpha value is -3.41. The molecule has 1 aromatic heterocycles. The van der Waals surface area contributed by atoms with Crippen LogP contribution in [0.25, 0.3) is 0 Å². The molecule has 0 saturated heterocycles. The molecule has 6 heteroatoms. The van der Waals surface area contributed by atoms with E-state index in [2.05, 4.69) is 5.10 Å². The van der Waals surface area contributed by atoms with Crippen molar-refractivity contribution in [1.82, 2.24) is 9.78 Å². The fourth-order valence-electron chi connectivity index (χ4n) is 3.12. The molecule has 0 N–H and O–H groups in total. The minimum absolute atomic E-state index is 0.305. The first kappa shape index (κ1) is 16.1. The van der Waals surface area contributed by atoms with Crippen molar-refractivity contribution in [3.63, 3.8) is 0 Å². The average Bonchev–Trinajstić information content (AvgIpc) is 3.10. The monoisotopic (exact) mass is 347 g/mol. The highest BCUT2D eigenvalue weighted by Gasteiger charge is 2.37. The molecule has 130 valence electrons. The molecule has 2 amide bonds. The number of ether oxygens (including phenoxy) is 1. The van der Waals surface area contributed by atoms with Gasteiger partial charge in [0.15, 0.2) is 0 Å². The van der Waals surface area contributed by atoms with E-state index in [0.717, 1.165) is 11.3 Å². The van der Waals surface area contributed by atoms with Gasteiger partial charge in [0.05, 0.1) is 22.5 Å². The van der Waals surface area contributed by atoms with Gasteiger partial charge >= 0.3 is 0 Å². The molecule has 1 aliphatic rings. The van der Waals surface area contributed by atoms with Gasteiger partial charge in [0.1, 0.15) is 12.4 Å². The van der Waals surface area contributed by atoms with E-state index >= 15 is 0 Å². The largest absolute Gasteiger partial charge is 0.487 e. The van der Waals surface area contributed by atoms with Gasteiger partial charge in [0, 0.05) is 18.8 Å². The zero-order valence-electron chi connectivity index (χ0n) is 14.5. The number of amides is 2. The van der Waals surface area contributed by atoms with Gasteiger partial charge in [-0.05, 0) is 31.2 Å². The summed E-state index contributed by atoms with van der Waals surface area (Å²) in [5.74, 6) is -0.191. The van der Waals surface area contributed by atoms with Crippen molar-refractivity contribution in [2.24, 2.45) is 7.05 Å². The van der Waals surface area contributed by atoms with E-state index in [1.54, 1.807) is 47.1 Å². The van der Waals surface area contributed by atoms with Crippen molar-refractivity contribution in [2.75, 3.05) is 4.90 Å². The van der Waals surface area contributed by atoms with Gasteiger partial charge in [0.25, 0.3) is 11.8 Å². The molecule has 4 rings (SSSR count). The maximum atomic E-state index is 12.7. The van der Waals surface area contributed by atoms with E-state index < -0.39 is 0 Å². The number of rotatable bonds is 4. The fourth-order valence-corrected chi connectivity index (χ4v) is 3.12. The first-order valence-electron chi connectivity index (χ1n) is 8.25. The van der Waals surface area contributed by atoms with Crippen molar-refractivity contribution >= 4 is 17.5 Å². The summed E-state index contributed by atoms with van der Waals surface area (Å²) in [5, 5.41) is 4.29. The summed E-state index contributed by atoms with van der Waals surface area (Å²) in [6.45, 7) is 2.22. The summed E-state index contributed by atoms with van der Waals surface area (Å²) in [5.41, 5.74) is 3.10. The second-order valence-corrected chi connectivity index (χ2v) is 6.16. The number of carbonyl (C=O) groups is 2. The summed E-state index contributed by atoms with van der Waals surface area (Å²) < 4.78 is 7.65. The quantitative estimate of drug-likeness (QED) is 0.680. The molecule has 0 radical (unpaired) electrons. The second-order valence-electron chi connectivity index (χ2n) is 6.16. The Kier molecular flexibility index (Phi) is 3.80. The number of anilines is 1. The standard InChI is InChI=1S/C20H17N3O3/c1-13-14(11-22(2)21-13)12-26-18-10-6-5-9-17(18)23-19(24)15-7-3-4-8-16(15)20(23)25/h3-11H,12H2,1-2H3. The van der Waals surface area contributed by atoms with Crippen LogP contribution in [-0.4, -0.2) is 21.6 Å². The van der Waals surface area contributed by atoms with Gasteiger partial charge in [-0.25, -0.2) is 4.90 Å². The molecule has 2 heterocycles. The molecule has 1 aliphatic heterocycles. The van der Waals surface area contributed by atoms with Gasteiger partial charge in [-0.3, -0.25) is 14.3 Å². The molecule has 3 aromatic rings. The van der Waals surface area contributed by atoms with Crippen LogP contribution in [0.15, 0.2) is 54.7 Å². The topological polar surface area (TPSA) is 64.4 Å². The summed E-state index contributed by atoms with van der Waals surface area (Å²) in [6.07, 6.45) is 1.89. The highest BCUT2D eigenvalue weighted by atomic mass is 16.5. The smallest absolute Gasteiger partial charge is 0.266 e. The van der Waals surface area contributed by atoms with Gasteiger partial charge in [-0.1, -0.05) is 24.3 Å². The number of aryl methyl sites for hydroxylation is 2. The average molecular weight is 347 g/mol. The molecule has 0 spiro atoms. The maximum Gasteiger partial charge on any atom is 0.266 e. The molecule has 6 nitrogen and oxygen atoms in total. The van der Waals surface area contributed by atoms with Crippen LogP contribution in [0.1, 0.15) is 32.0 Å². The van der Waals surface area contributed by atoms with Crippen LogP contribution in [0.5, 0.6) is 5.75 Å². The first-order chi connectivity index (χ1) is 12.6. The van der Waals surface area contributed by atoms with Crippen LogP contribution >= 0.6 is 0 Å². The van der Waals surface area contributed by atoms with Crippen molar-refractivity contribution in [2.45, 2.75) is 13.5 Å². The molecule has 0 unspecified atom stereocenters. The summed E-state index contributed by atoms with van der Waals surface area (Å²) in [7, 11) is 1.85. The lowest BCUT2D eigenvalue weighted by atomic mass is 10.1. The van der Waals surface area contributed by atoms with Crippen LogP contribution in [0, 0.1) is 6.92 Å². The molecular weight excluding hydrogens is 330 g/mol. The third kappa shape index (κ3) is 2.56. The Bertz CT molecular complexity index is 988. The maximum absolute atomic E-state index is 12.7. The summed E-state index contributed by atoms with van der Waals surface area (Å²) in [6, 6.07) is 13.9. The lowest BCUT2D eigenvalue weighted by Gasteiger charge is -2.18. The molecule has 0 aliphatic carbocycles. The lowest BCUT2D eigenvalue weighted by molar-refractivity contribution is 0.0924. The molecule has 0 bridgehead atoms. The zero-order valence-corrected chi connectivity index (χ0v) is 14.5. The van der Waals surface area contributed by atoms with Crippen LogP contribution < -0.4 is 9.64 Å². The Morgan fingerprint density at radius 2 is 1.58 bits per heavy atom. The minimum Gasteiger partial charge on any atom is -0.487 e. The Labute approximate surface area is 150 Å². The van der Waals surface area contributed by atoms with Crippen molar-refractivity contribution in [3.05, 3.63) is 77.1 Å². The Morgan fingerprint density at radius 1 is 0.962 bits per heavy atom. The second kappa shape index (κ2) is 6.15. The molecule has 26 heavy (non-hydrogen) atoms. The van der Waals surface area contributed by atoms with Crippen LogP contribution in [0.3, 0.4) is 0 Å². The highest BCUT2D eigenvalue weighted by Crippen LogP contribution is 2.35. The first-order valence-corrected chi connectivity index (χ1v) is 8.25. The van der Waals surface area contributed by atoms with Crippen molar-refractivity contribution in [1.29, 1.82) is 0 Å². The number of hydrogen-bond acceptors (Lipinski definition) is 4. The SMILES string of the molecule is Cc1nn(C)cc1COc1ccccc1N1C(=O)c2ccccc2C1=O. The number of aromatic nitrogens is 2. The van der Waals surface area contributed by atoms with E-state index in [1.165, 1.54) is 4.90 Å². The third-order valence-corrected chi connectivity index (χ3v) is 4.40. The van der Waals surface area contributed by atoms with Gasteiger partial charge in [0.2, 0.25) is 0 Å². The number of benzene rings is 2. The van der Waals surface area contributed by atoms with E-state index in [-0.39, 0.29) is 11.8 Å². The molecule has 2 aromatic carbocycles. The Morgan fingerprint density at radius 3 is 2.19 bits per heavy atom. The minimum atomic E-state index is -0.334. The Balaban J connectivity index is 1.66. The number of carbonyl (C=O) groups excluding carboxylic acids is 2. The molecular formula is C20H17N3O3. The van der Waals surface area contributed by atoms with Gasteiger partial charge in [-0.15, -0.1) is 0 Å². The van der Waals surface area contributed by atoms with E-state index in [1.807, 2.05) is 26.2 Å². The number of imide groups is 1. The number of hydrogen-bond donors (Lipinski definition) is 0. The summed E-state index contributed by atoms with van der Waals surface area (Å²) in [4.78, 5) is 26.6. The molecule has 0 saturated carbocycles. The molecule has 0 fully saturated rings. The zero-order chi connectivity index (χ0) is 18.3. The third-order valence-electron chi connectivity index (χ3n) is 4.40. The number of nitrogens with zero attached hydrogens (tertiary/aromatic N) is 3. The number of para-hydroxylation sites is 2. The number of fused-ring (bicyclic) bond motifs is 1. The highest BCUT2D eigenvalue weighted by molar-refractivity contribution is 6.34. The van der Waals surface area contributed by atoms with Crippen LogP contribution in [0.2, 0.25) is 0 Å². The predicted octanol–water partition coefficient (Wildman–Crippen LogP) is 3.11. The summed E-state index contributed by atoms with van der Waals surface area (Å²) >= 11 is 0. The van der Waals surface area contributed by atoms with E-state index in [0.29, 0.717) is 29.2 Å². The van der Waals surface area contributed by atoms with E-state index in [9.17, 15) is 9.59 Å².